The van der Waals surface area contributed by atoms with Crippen molar-refractivity contribution >= 4 is 11.6 Å². The van der Waals surface area contributed by atoms with E-state index in [1.165, 1.54) is 0 Å². The summed E-state index contributed by atoms with van der Waals surface area (Å²) < 4.78 is 1.82. The first-order valence-electron chi connectivity index (χ1n) is 5.79. The van der Waals surface area contributed by atoms with Gasteiger partial charge in [0.15, 0.2) is 0 Å². The van der Waals surface area contributed by atoms with Crippen LogP contribution in [-0.4, -0.2) is 27.8 Å². The summed E-state index contributed by atoms with van der Waals surface area (Å²) in [5.74, 6) is 0.0306. The zero-order valence-electron chi connectivity index (χ0n) is 10.9. The van der Waals surface area contributed by atoms with E-state index >= 15 is 0 Å². The molecule has 1 heterocycles. The van der Waals surface area contributed by atoms with Crippen molar-refractivity contribution in [2.45, 2.75) is 27.3 Å². The molecule has 0 fully saturated rings. The first kappa shape index (κ1) is 14.0. The molecule has 1 rings (SSSR count). The Bertz CT molecular complexity index is 419. The van der Waals surface area contributed by atoms with Crippen molar-refractivity contribution in [3.63, 3.8) is 0 Å². The molecule has 0 radical (unpaired) electrons. The van der Waals surface area contributed by atoms with Gasteiger partial charge in [-0.3, -0.25) is 9.58 Å². The van der Waals surface area contributed by atoms with Crippen LogP contribution in [0.5, 0.6) is 0 Å². The Morgan fingerprint density at radius 3 is 2.65 bits per heavy atom. The summed E-state index contributed by atoms with van der Waals surface area (Å²) in [6, 6.07) is 2.25. The molecule has 94 valence electrons. The van der Waals surface area contributed by atoms with E-state index in [1.807, 2.05) is 25.6 Å². The number of hydrogen-bond acceptors (Lipinski definition) is 3. The summed E-state index contributed by atoms with van der Waals surface area (Å²) in [6.45, 7) is 8.30. The molecule has 0 amide bonds. The van der Waals surface area contributed by atoms with Crippen molar-refractivity contribution in [1.29, 1.82) is 5.26 Å². The fourth-order valence-corrected chi connectivity index (χ4v) is 2.02. The summed E-state index contributed by atoms with van der Waals surface area (Å²) in [6.07, 6.45) is 0. The van der Waals surface area contributed by atoms with Gasteiger partial charge in [-0.05, 0) is 20.4 Å². The highest BCUT2D eigenvalue weighted by atomic mass is 35.5. The van der Waals surface area contributed by atoms with Crippen LogP contribution in [0.1, 0.15) is 25.2 Å². The maximum absolute atomic E-state index is 8.84. The summed E-state index contributed by atoms with van der Waals surface area (Å²) in [5.41, 5.74) is 1.87. The van der Waals surface area contributed by atoms with E-state index < -0.39 is 0 Å². The molecule has 0 bridgehead atoms. The molecule has 1 aromatic rings. The fourth-order valence-electron chi connectivity index (χ4n) is 1.80. The normalized spacial score (nSPS) is 12.8. The van der Waals surface area contributed by atoms with E-state index in [4.69, 9.17) is 16.9 Å². The zero-order chi connectivity index (χ0) is 13.0. The van der Waals surface area contributed by atoms with Crippen LogP contribution in [0.3, 0.4) is 0 Å². The van der Waals surface area contributed by atoms with Gasteiger partial charge in [-0.25, -0.2) is 0 Å². The lowest BCUT2D eigenvalue weighted by Crippen LogP contribution is -2.28. The molecule has 0 aliphatic carbocycles. The number of rotatable bonds is 5. The number of aromatic nitrogens is 2. The van der Waals surface area contributed by atoms with Crippen LogP contribution >= 0.6 is 11.6 Å². The smallest absolute Gasteiger partial charge is 0.0860 e. The highest BCUT2D eigenvalue weighted by Crippen LogP contribution is 2.21. The predicted octanol–water partition coefficient (Wildman–Crippen LogP) is 2.36. The van der Waals surface area contributed by atoms with Crippen LogP contribution in [0.15, 0.2) is 0 Å². The molecule has 0 spiro atoms. The van der Waals surface area contributed by atoms with E-state index in [0.29, 0.717) is 0 Å². The van der Waals surface area contributed by atoms with E-state index in [-0.39, 0.29) is 5.92 Å². The predicted molar refractivity (Wildman–Crippen MR) is 68.7 cm³/mol. The first-order chi connectivity index (χ1) is 7.99. The van der Waals surface area contributed by atoms with E-state index in [0.717, 1.165) is 36.0 Å². The molecule has 0 aliphatic heterocycles. The summed E-state index contributed by atoms with van der Waals surface area (Å²) in [7, 11) is 1.90. The summed E-state index contributed by atoms with van der Waals surface area (Å²) >= 11 is 6.21. The van der Waals surface area contributed by atoms with Gasteiger partial charge in [-0.1, -0.05) is 18.5 Å². The minimum atomic E-state index is 0.0306. The molecule has 0 aliphatic rings. The maximum Gasteiger partial charge on any atom is 0.0860 e. The van der Waals surface area contributed by atoms with Crippen molar-refractivity contribution in [2.75, 3.05) is 13.1 Å². The molecular weight excluding hydrogens is 236 g/mol. The minimum absolute atomic E-state index is 0.0306. The van der Waals surface area contributed by atoms with Crippen LogP contribution in [0.2, 0.25) is 5.02 Å². The number of nitrogens with zero attached hydrogens (tertiary/aromatic N) is 4. The second kappa shape index (κ2) is 6.04. The third-order valence-electron chi connectivity index (χ3n) is 2.83. The highest BCUT2D eigenvalue weighted by molar-refractivity contribution is 6.31. The van der Waals surface area contributed by atoms with Crippen LogP contribution in [0, 0.1) is 24.2 Å². The lowest BCUT2D eigenvalue weighted by Gasteiger charge is -2.21. The van der Waals surface area contributed by atoms with Crippen LogP contribution in [0.4, 0.5) is 0 Å². The zero-order valence-corrected chi connectivity index (χ0v) is 11.6. The third-order valence-corrected chi connectivity index (χ3v) is 3.33. The molecule has 4 nitrogen and oxygen atoms in total. The Morgan fingerprint density at radius 1 is 1.59 bits per heavy atom. The van der Waals surface area contributed by atoms with Crippen molar-refractivity contribution in [2.24, 2.45) is 13.0 Å². The summed E-state index contributed by atoms with van der Waals surface area (Å²) in [4.78, 5) is 2.20. The van der Waals surface area contributed by atoms with Gasteiger partial charge in [0.05, 0.1) is 28.4 Å². The summed E-state index contributed by atoms with van der Waals surface area (Å²) in [5, 5.41) is 13.9. The Morgan fingerprint density at radius 2 is 2.24 bits per heavy atom. The van der Waals surface area contributed by atoms with E-state index in [1.54, 1.807) is 0 Å². The largest absolute Gasteiger partial charge is 0.296 e. The molecule has 0 N–H and O–H groups in total. The number of hydrogen-bond donors (Lipinski definition) is 0. The molecule has 0 saturated heterocycles. The number of nitriles is 1. The van der Waals surface area contributed by atoms with Crippen LogP contribution < -0.4 is 0 Å². The quantitative estimate of drug-likeness (QED) is 0.810. The van der Waals surface area contributed by atoms with Gasteiger partial charge in [0.1, 0.15) is 0 Å². The van der Waals surface area contributed by atoms with Gasteiger partial charge in [0, 0.05) is 20.1 Å². The van der Waals surface area contributed by atoms with Crippen LogP contribution in [-0.2, 0) is 13.6 Å². The topological polar surface area (TPSA) is 44.9 Å². The average molecular weight is 255 g/mol. The Kier molecular flexibility index (Phi) is 4.98. The molecule has 1 aromatic heterocycles. The first-order valence-corrected chi connectivity index (χ1v) is 6.17. The van der Waals surface area contributed by atoms with Gasteiger partial charge in [-0.2, -0.15) is 10.4 Å². The molecule has 1 unspecified atom stereocenters. The molecular formula is C12H19ClN4. The monoisotopic (exact) mass is 254 g/mol. The van der Waals surface area contributed by atoms with Crippen molar-refractivity contribution in [3.05, 3.63) is 16.4 Å². The van der Waals surface area contributed by atoms with Crippen molar-refractivity contribution in [3.8, 4) is 6.07 Å². The van der Waals surface area contributed by atoms with Crippen molar-refractivity contribution < 1.29 is 0 Å². The molecule has 0 saturated carbocycles. The van der Waals surface area contributed by atoms with Gasteiger partial charge in [-0.15, -0.1) is 0 Å². The van der Waals surface area contributed by atoms with Crippen molar-refractivity contribution in [1.82, 2.24) is 14.7 Å². The van der Waals surface area contributed by atoms with Crippen LogP contribution in [0.25, 0.3) is 0 Å². The van der Waals surface area contributed by atoms with E-state index in [2.05, 4.69) is 23.0 Å². The minimum Gasteiger partial charge on any atom is -0.296 e. The Balaban J connectivity index is 2.78. The fraction of sp³-hybridized carbons (Fsp3) is 0.667. The molecule has 5 heteroatoms. The lowest BCUT2D eigenvalue weighted by molar-refractivity contribution is 0.254. The second-order valence-electron chi connectivity index (χ2n) is 4.33. The molecule has 1 atom stereocenters. The highest BCUT2D eigenvalue weighted by Gasteiger charge is 2.15. The van der Waals surface area contributed by atoms with Gasteiger partial charge >= 0.3 is 0 Å². The molecule has 17 heavy (non-hydrogen) atoms. The second-order valence-corrected chi connectivity index (χ2v) is 4.71. The SMILES string of the molecule is CCN(Cc1c(Cl)c(C)nn1C)CC(C)C#N. The van der Waals surface area contributed by atoms with E-state index in [9.17, 15) is 0 Å². The standard InChI is InChI=1S/C12H19ClN4/c1-5-17(7-9(2)6-14)8-11-12(13)10(3)15-16(11)4/h9H,5,7-8H2,1-4H3. The Hall–Kier alpha value is -1.05. The van der Waals surface area contributed by atoms with Gasteiger partial charge in [0.2, 0.25) is 0 Å². The van der Waals surface area contributed by atoms with Gasteiger partial charge in [0.25, 0.3) is 0 Å². The Labute approximate surface area is 108 Å². The number of aryl methyl sites for hydroxylation is 2. The maximum atomic E-state index is 8.84. The average Bonchev–Trinajstić information content (AvgIpc) is 2.54. The molecule has 0 aromatic carbocycles. The third kappa shape index (κ3) is 3.45. The van der Waals surface area contributed by atoms with Gasteiger partial charge < -0.3 is 0 Å². The lowest BCUT2D eigenvalue weighted by atomic mass is 10.2. The number of halogens is 1.